The van der Waals surface area contributed by atoms with Crippen LogP contribution in [0.5, 0.6) is 0 Å². The highest BCUT2D eigenvalue weighted by molar-refractivity contribution is 9.10. The number of nitrogens with zero attached hydrogens (tertiary/aromatic N) is 4. The molecule has 0 bridgehead atoms. The van der Waals surface area contributed by atoms with Crippen LogP contribution in [0.25, 0.3) is 5.82 Å². The summed E-state index contributed by atoms with van der Waals surface area (Å²) >= 11 is 9.35. The summed E-state index contributed by atoms with van der Waals surface area (Å²) in [7, 11) is 0. The van der Waals surface area contributed by atoms with Crippen LogP contribution in [-0.2, 0) is 0 Å². The molecule has 0 radical (unpaired) electrons. The lowest BCUT2D eigenvalue weighted by Gasteiger charge is -2.07. The molecule has 3 aromatic rings. The van der Waals surface area contributed by atoms with Crippen LogP contribution in [0.1, 0.15) is 10.5 Å². The first-order valence-corrected chi connectivity index (χ1v) is 6.99. The lowest BCUT2D eigenvalue weighted by Crippen LogP contribution is -2.17. The number of aromatic nitrogens is 5. The molecule has 0 spiro atoms. The van der Waals surface area contributed by atoms with Crippen molar-refractivity contribution in [3.05, 3.63) is 52.1 Å². The molecule has 0 fully saturated rings. The Kier molecular flexibility index (Phi) is 3.72. The van der Waals surface area contributed by atoms with E-state index in [1.165, 1.54) is 10.9 Å². The number of rotatable bonds is 3. The van der Waals surface area contributed by atoms with Crippen molar-refractivity contribution < 1.29 is 4.79 Å². The summed E-state index contributed by atoms with van der Waals surface area (Å²) in [6.07, 6.45) is 4.65. The molecule has 0 aliphatic carbocycles. The van der Waals surface area contributed by atoms with Crippen molar-refractivity contribution in [3.8, 4) is 5.82 Å². The van der Waals surface area contributed by atoms with E-state index in [4.69, 9.17) is 11.6 Å². The summed E-state index contributed by atoms with van der Waals surface area (Å²) in [6.45, 7) is 0. The fourth-order valence-corrected chi connectivity index (χ4v) is 2.30. The van der Waals surface area contributed by atoms with Crippen molar-refractivity contribution in [1.29, 1.82) is 0 Å². The fraction of sp³-hybridized carbons (Fsp3) is 0. The van der Waals surface area contributed by atoms with Crippen LogP contribution in [0.15, 0.2) is 41.4 Å². The van der Waals surface area contributed by atoms with Crippen LogP contribution in [-0.4, -0.2) is 30.9 Å². The minimum Gasteiger partial charge on any atom is -0.318 e. The van der Waals surface area contributed by atoms with Crippen LogP contribution in [0.2, 0.25) is 5.02 Å². The third-order valence-corrected chi connectivity index (χ3v) is 3.29. The fourth-order valence-electron chi connectivity index (χ4n) is 1.72. The lowest BCUT2D eigenvalue weighted by atomic mass is 10.3. The number of nitrogens with one attached hydrogen (secondary N) is 2. The number of amides is 1. The molecule has 0 unspecified atom stereocenters. The number of hydrogen-bond acceptors (Lipinski definition) is 4. The van der Waals surface area contributed by atoms with Crippen molar-refractivity contribution in [2.75, 3.05) is 5.32 Å². The third-order valence-electron chi connectivity index (χ3n) is 2.61. The maximum absolute atomic E-state index is 12.3. The molecule has 0 atom stereocenters. The van der Waals surface area contributed by atoms with Crippen LogP contribution in [0.4, 0.5) is 5.69 Å². The Morgan fingerprint density at radius 2 is 2.33 bits per heavy atom. The number of carbonyl (C=O) groups is 1. The Hall–Kier alpha value is -2.19. The van der Waals surface area contributed by atoms with E-state index >= 15 is 0 Å². The zero-order valence-electron chi connectivity index (χ0n) is 10.4. The van der Waals surface area contributed by atoms with Gasteiger partial charge in [-0.3, -0.25) is 9.89 Å². The van der Waals surface area contributed by atoms with Crippen molar-refractivity contribution in [2.45, 2.75) is 0 Å². The maximum Gasteiger partial charge on any atom is 0.274 e. The zero-order chi connectivity index (χ0) is 14.8. The summed E-state index contributed by atoms with van der Waals surface area (Å²) in [5, 5.41) is 13.7. The molecular formula is C12H8BrClN6O. The van der Waals surface area contributed by atoms with Gasteiger partial charge < -0.3 is 5.32 Å². The smallest absolute Gasteiger partial charge is 0.274 e. The number of H-pyrrole nitrogens is 1. The van der Waals surface area contributed by atoms with Crippen molar-refractivity contribution in [3.63, 3.8) is 0 Å². The minimum absolute atomic E-state index is 0.295. The average molecular weight is 368 g/mol. The molecular weight excluding hydrogens is 360 g/mol. The lowest BCUT2D eigenvalue weighted by molar-refractivity contribution is 0.101. The summed E-state index contributed by atoms with van der Waals surface area (Å²) in [5.74, 6) is 0.0264. The minimum atomic E-state index is -0.351. The summed E-state index contributed by atoms with van der Waals surface area (Å²) in [5.41, 5.74) is 0.847. The molecule has 3 rings (SSSR count). The van der Waals surface area contributed by atoms with E-state index in [1.807, 2.05) is 0 Å². The van der Waals surface area contributed by atoms with Gasteiger partial charge in [0.1, 0.15) is 10.3 Å². The standard InChI is InChI=1S/C12H8BrClN6O/c13-10-4-9(12(21)18-7-5-16-17-6-7)20(19-10)11-8(14)2-1-3-15-11/h1-6H,(H,16,17)(H,18,21). The second kappa shape index (κ2) is 5.66. The van der Waals surface area contributed by atoms with E-state index in [2.05, 4.69) is 41.5 Å². The van der Waals surface area contributed by atoms with E-state index in [0.717, 1.165) is 0 Å². The van der Waals surface area contributed by atoms with Gasteiger partial charge in [-0.25, -0.2) is 9.67 Å². The predicted octanol–water partition coefficient (Wildman–Crippen LogP) is 2.66. The molecule has 0 saturated heterocycles. The second-order valence-corrected chi connectivity index (χ2v) is 5.23. The second-order valence-electron chi connectivity index (χ2n) is 4.01. The Labute approximate surface area is 132 Å². The summed E-state index contributed by atoms with van der Waals surface area (Å²) in [4.78, 5) is 16.5. The topological polar surface area (TPSA) is 88.5 Å². The highest BCUT2D eigenvalue weighted by Crippen LogP contribution is 2.21. The van der Waals surface area contributed by atoms with E-state index in [9.17, 15) is 4.79 Å². The molecule has 1 amide bonds. The van der Waals surface area contributed by atoms with Crippen molar-refractivity contribution in [2.24, 2.45) is 0 Å². The van der Waals surface area contributed by atoms with Gasteiger partial charge in [0.2, 0.25) is 0 Å². The number of anilines is 1. The normalized spacial score (nSPS) is 10.6. The zero-order valence-corrected chi connectivity index (χ0v) is 12.8. The first-order chi connectivity index (χ1) is 10.1. The predicted molar refractivity (Wildman–Crippen MR) is 80.6 cm³/mol. The summed E-state index contributed by atoms with van der Waals surface area (Å²) < 4.78 is 1.88. The number of aromatic amines is 1. The Morgan fingerprint density at radius 1 is 1.48 bits per heavy atom. The third kappa shape index (κ3) is 2.81. The molecule has 21 heavy (non-hydrogen) atoms. The number of halogens is 2. The quantitative estimate of drug-likeness (QED) is 0.745. The van der Waals surface area contributed by atoms with E-state index in [0.29, 0.717) is 26.8 Å². The van der Waals surface area contributed by atoms with Crippen molar-refractivity contribution in [1.82, 2.24) is 25.0 Å². The van der Waals surface area contributed by atoms with Gasteiger partial charge in [0.05, 0.1) is 16.9 Å². The Balaban J connectivity index is 2.00. The molecule has 0 aromatic carbocycles. The van der Waals surface area contributed by atoms with Crippen molar-refractivity contribution >= 4 is 39.1 Å². The molecule has 2 N–H and O–H groups in total. The molecule has 106 valence electrons. The van der Waals surface area contributed by atoms with E-state index < -0.39 is 0 Å². The van der Waals surface area contributed by atoms with Gasteiger partial charge in [0.15, 0.2) is 5.82 Å². The highest BCUT2D eigenvalue weighted by Gasteiger charge is 2.18. The van der Waals surface area contributed by atoms with Gasteiger partial charge in [0, 0.05) is 18.5 Å². The number of carbonyl (C=O) groups excluding carboxylic acids is 1. The molecule has 7 nitrogen and oxygen atoms in total. The molecule has 0 aliphatic rings. The van der Waals surface area contributed by atoms with Crippen LogP contribution in [0.3, 0.4) is 0 Å². The van der Waals surface area contributed by atoms with E-state index in [-0.39, 0.29) is 5.91 Å². The molecule has 9 heteroatoms. The van der Waals surface area contributed by atoms with Crippen LogP contribution in [0, 0.1) is 0 Å². The van der Waals surface area contributed by atoms with Gasteiger partial charge >= 0.3 is 0 Å². The Bertz CT molecular complexity index is 785. The number of hydrogen-bond donors (Lipinski definition) is 2. The summed E-state index contributed by atoms with van der Waals surface area (Å²) in [6, 6.07) is 4.97. The number of pyridine rings is 1. The largest absolute Gasteiger partial charge is 0.318 e. The maximum atomic E-state index is 12.3. The molecule has 3 heterocycles. The monoisotopic (exact) mass is 366 g/mol. The van der Waals surface area contributed by atoms with Gasteiger partial charge in [0.25, 0.3) is 5.91 Å². The van der Waals surface area contributed by atoms with Gasteiger partial charge in [-0.05, 0) is 28.1 Å². The van der Waals surface area contributed by atoms with Gasteiger partial charge in [-0.15, -0.1) is 0 Å². The molecule has 0 saturated carbocycles. The average Bonchev–Trinajstić information content (AvgIpc) is 3.09. The molecule has 0 aliphatic heterocycles. The molecule has 3 aromatic heterocycles. The van der Waals surface area contributed by atoms with Crippen LogP contribution < -0.4 is 5.32 Å². The highest BCUT2D eigenvalue weighted by atomic mass is 79.9. The SMILES string of the molecule is O=C(Nc1cn[nH]c1)c1cc(Br)nn1-c1ncccc1Cl. The van der Waals surface area contributed by atoms with Gasteiger partial charge in [-0.1, -0.05) is 11.6 Å². The first-order valence-electron chi connectivity index (χ1n) is 5.82. The Morgan fingerprint density at radius 3 is 3.05 bits per heavy atom. The van der Waals surface area contributed by atoms with E-state index in [1.54, 1.807) is 30.6 Å². The van der Waals surface area contributed by atoms with Gasteiger partial charge in [-0.2, -0.15) is 10.2 Å². The first kappa shape index (κ1) is 13.8. The van der Waals surface area contributed by atoms with Crippen LogP contribution >= 0.6 is 27.5 Å².